The zero-order valence-corrected chi connectivity index (χ0v) is 15.3. The molecule has 2 rings (SSSR count). The van der Waals surface area contributed by atoms with Gasteiger partial charge in [-0.05, 0) is 31.2 Å². The van der Waals surface area contributed by atoms with Gasteiger partial charge in [0.2, 0.25) is 11.8 Å². The molecule has 1 aliphatic rings. The monoisotopic (exact) mass is 380 g/mol. The van der Waals surface area contributed by atoms with Gasteiger partial charge in [0, 0.05) is 17.9 Å². The maximum absolute atomic E-state index is 12.1. The summed E-state index contributed by atoms with van der Waals surface area (Å²) >= 11 is 1.25. The van der Waals surface area contributed by atoms with Crippen molar-refractivity contribution in [3.63, 3.8) is 0 Å². The number of carbonyl (C=O) groups is 4. The van der Waals surface area contributed by atoms with Crippen LogP contribution in [0, 0.1) is 0 Å². The summed E-state index contributed by atoms with van der Waals surface area (Å²) in [4.78, 5) is 47.2. The third-order valence-corrected chi connectivity index (χ3v) is 4.91. The molecule has 0 spiro atoms. The number of esters is 2. The van der Waals surface area contributed by atoms with Crippen molar-refractivity contribution in [2.75, 3.05) is 24.8 Å². The minimum Gasteiger partial charge on any atom is -0.465 e. The predicted molar refractivity (Wildman–Crippen MR) is 95.8 cm³/mol. The van der Waals surface area contributed by atoms with Crippen LogP contribution in [0.3, 0.4) is 0 Å². The molecule has 0 unspecified atom stereocenters. The van der Waals surface area contributed by atoms with E-state index in [1.165, 1.54) is 31.0 Å². The van der Waals surface area contributed by atoms with E-state index in [2.05, 4.69) is 15.4 Å². The number of hydrogen-bond acceptors (Lipinski definition) is 7. The average Bonchev–Trinajstić information content (AvgIpc) is 2.63. The number of amides is 2. The molecule has 0 saturated carbocycles. The van der Waals surface area contributed by atoms with Crippen LogP contribution >= 0.6 is 11.8 Å². The van der Waals surface area contributed by atoms with E-state index in [4.69, 9.17) is 4.74 Å². The number of benzene rings is 1. The number of thioether (sulfide) groups is 1. The van der Waals surface area contributed by atoms with Crippen LogP contribution in [0.25, 0.3) is 0 Å². The highest BCUT2D eigenvalue weighted by Crippen LogP contribution is 2.22. The summed E-state index contributed by atoms with van der Waals surface area (Å²) < 4.78 is 9.48. The van der Waals surface area contributed by atoms with Crippen LogP contribution in [0.1, 0.15) is 23.7 Å². The van der Waals surface area contributed by atoms with Crippen molar-refractivity contribution < 1.29 is 28.7 Å². The molecular weight excluding hydrogens is 360 g/mol. The molecule has 1 aromatic rings. The molecule has 1 saturated heterocycles. The van der Waals surface area contributed by atoms with E-state index < -0.39 is 23.2 Å². The molecule has 0 aromatic heterocycles. The van der Waals surface area contributed by atoms with Gasteiger partial charge in [0.1, 0.15) is 6.04 Å². The van der Waals surface area contributed by atoms with E-state index in [-0.39, 0.29) is 24.8 Å². The molecule has 1 heterocycles. The molecule has 140 valence electrons. The fourth-order valence-corrected chi connectivity index (χ4v) is 3.44. The van der Waals surface area contributed by atoms with E-state index in [0.717, 1.165) is 0 Å². The summed E-state index contributed by atoms with van der Waals surface area (Å²) in [5, 5.41) is 4.68. The van der Waals surface area contributed by atoms with Crippen LogP contribution in [-0.2, 0) is 23.9 Å². The van der Waals surface area contributed by atoms with Gasteiger partial charge in [-0.1, -0.05) is 0 Å². The second-order valence-corrected chi connectivity index (χ2v) is 6.69. The average molecular weight is 380 g/mol. The van der Waals surface area contributed by atoms with Gasteiger partial charge >= 0.3 is 11.9 Å². The third kappa shape index (κ3) is 5.22. The summed E-state index contributed by atoms with van der Waals surface area (Å²) in [5.41, 5.74) is 0.881. The Hall–Kier alpha value is -2.55. The van der Waals surface area contributed by atoms with E-state index in [1.54, 1.807) is 19.1 Å². The fourth-order valence-electron chi connectivity index (χ4n) is 2.30. The highest BCUT2D eigenvalue weighted by Gasteiger charge is 2.34. The van der Waals surface area contributed by atoms with Crippen molar-refractivity contribution in [3.05, 3.63) is 29.8 Å². The molecule has 8 nitrogen and oxygen atoms in total. The van der Waals surface area contributed by atoms with Crippen LogP contribution in [0.15, 0.2) is 24.3 Å². The van der Waals surface area contributed by atoms with Gasteiger partial charge in [0.15, 0.2) is 0 Å². The van der Waals surface area contributed by atoms with Crippen molar-refractivity contribution in [1.29, 1.82) is 0 Å². The summed E-state index contributed by atoms with van der Waals surface area (Å²) in [7, 11) is 1.29. The van der Waals surface area contributed by atoms with Crippen molar-refractivity contribution in [2.24, 2.45) is 0 Å². The standard InChI is InChI=1S/C17H20N2O6S/c1-3-25-17(23)12-9-26-13(15(21)19-12)8-14(20)18-11-6-4-10(5-7-11)16(22)24-2/h4-7,12-13H,3,8-9H2,1-2H3,(H,18,20)(H,19,21)/t12-,13-/m1/s1. The van der Waals surface area contributed by atoms with Crippen molar-refractivity contribution in [3.8, 4) is 0 Å². The van der Waals surface area contributed by atoms with Gasteiger partial charge in [0.05, 0.1) is 24.5 Å². The lowest BCUT2D eigenvalue weighted by Gasteiger charge is -2.27. The Morgan fingerprint density at radius 1 is 1.27 bits per heavy atom. The fraction of sp³-hybridized carbons (Fsp3) is 0.412. The molecule has 2 N–H and O–H groups in total. The van der Waals surface area contributed by atoms with E-state index >= 15 is 0 Å². The Labute approximate surface area is 155 Å². The molecule has 0 radical (unpaired) electrons. The molecule has 0 bridgehead atoms. The first kappa shape index (κ1) is 19.8. The van der Waals surface area contributed by atoms with Gasteiger partial charge in [-0.3, -0.25) is 9.59 Å². The number of methoxy groups -OCH3 is 1. The van der Waals surface area contributed by atoms with E-state index in [9.17, 15) is 19.2 Å². The molecule has 1 aliphatic heterocycles. The smallest absolute Gasteiger partial charge is 0.337 e. The Kier molecular flexibility index (Phi) is 7.02. The number of anilines is 1. The third-order valence-electron chi connectivity index (χ3n) is 3.60. The molecule has 2 amide bonds. The van der Waals surface area contributed by atoms with Crippen LogP contribution < -0.4 is 10.6 Å². The Morgan fingerprint density at radius 3 is 2.54 bits per heavy atom. The topological polar surface area (TPSA) is 111 Å². The zero-order valence-electron chi connectivity index (χ0n) is 14.4. The first-order valence-corrected chi connectivity index (χ1v) is 9.06. The zero-order chi connectivity index (χ0) is 19.1. The number of ether oxygens (including phenoxy) is 2. The Balaban J connectivity index is 1.85. The lowest BCUT2D eigenvalue weighted by atomic mass is 10.2. The van der Waals surface area contributed by atoms with Crippen molar-refractivity contribution >= 4 is 41.2 Å². The highest BCUT2D eigenvalue weighted by molar-refractivity contribution is 8.00. The molecule has 9 heteroatoms. The first-order valence-electron chi connectivity index (χ1n) is 8.01. The lowest BCUT2D eigenvalue weighted by Crippen LogP contribution is -2.51. The van der Waals surface area contributed by atoms with Gasteiger partial charge in [-0.15, -0.1) is 11.8 Å². The maximum Gasteiger partial charge on any atom is 0.337 e. The van der Waals surface area contributed by atoms with Gasteiger partial charge < -0.3 is 20.1 Å². The molecule has 0 aliphatic carbocycles. The quantitative estimate of drug-likeness (QED) is 0.707. The van der Waals surface area contributed by atoms with Crippen molar-refractivity contribution in [2.45, 2.75) is 24.6 Å². The second kappa shape index (κ2) is 9.23. The van der Waals surface area contributed by atoms with Crippen LogP contribution in [-0.4, -0.2) is 54.5 Å². The normalized spacial score (nSPS) is 19.2. The van der Waals surface area contributed by atoms with Gasteiger partial charge in [0.25, 0.3) is 0 Å². The Morgan fingerprint density at radius 2 is 1.96 bits per heavy atom. The van der Waals surface area contributed by atoms with E-state index in [1.807, 2.05) is 0 Å². The highest BCUT2D eigenvalue weighted by atomic mass is 32.2. The van der Waals surface area contributed by atoms with Crippen LogP contribution in [0.2, 0.25) is 0 Å². The van der Waals surface area contributed by atoms with Gasteiger partial charge in [-0.25, -0.2) is 9.59 Å². The first-order chi connectivity index (χ1) is 12.4. The lowest BCUT2D eigenvalue weighted by molar-refractivity contribution is -0.146. The van der Waals surface area contributed by atoms with E-state index in [0.29, 0.717) is 17.0 Å². The second-order valence-electron chi connectivity index (χ2n) is 5.46. The van der Waals surface area contributed by atoms with Crippen molar-refractivity contribution in [1.82, 2.24) is 5.32 Å². The molecular formula is C17H20N2O6S. The molecule has 1 aromatic carbocycles. The van der Waals surface area contributed by atoms with Gasteiger partial charge in [-0.2, -0.15) is 0 Å². The number of rotatable bonds is 6. The molecule has 2 atom stereocenters. The minimum atomic E-state index is -0.683. The van der Waals surface area contributed by atoms with Crippen LogP contribution in [0.5, 0.6) is 0 Å². The number of hydrogen-bond donors (Lipinski definition) is 2. The number of nitrogens with one attached hydrogen (secondary N) is 2. The maximum atomic E-state index is 12.1. The minimum absolute atomic E-state index is 0.0230. The Bertz CT molecular complexity index is 691. The molecule has 1 fully saturated rings. The largest absolute Gasteiger partial charge is 0.465 e. The SMILES string of the molecule is CCOC(=O)[C@H]1CS[C@H](CC(=O)Nc2ccc(C(=O)OC)cc2)C(=O)N1. The summed E-state index contributed by atoms with van der Waals surface area (Å²) in [6.45, 7) is 1.94. The van der Waals surface area contributed by atoms with Crippen LogP contribution in [0.4, 0.5) is 5.69 Å². The number of carbonyl (C=O) groups excluding carboxylic acids is 4. The summed E-state index contributed by atoms with van der Waals surface area (Å²) in [6.07, 6.45) is -0.0230. The summed E-state index contributed by atoms with van der Waals surface area (Å²) in [5.74, 6) is -1.28. The predicted octanol–water partition coefficient (Wildman–Crippen LogP) is 0.965. The molecule has 26 heavy (non-hydrogen) atoms. The summed E-state index contributed by atoms with van der Waals surface area (Å²) in [6, 6.07) is 5.54.